The number of unbranched alkanes of at least 4 members (excludes halogenated alkanes) is 3. The first-order valence-corrected chi connectivity index (χ1v) is 4.37. The van der Waals surface area contributed by atoms with Gasteiger partial charge in [-0.2, -0.15) is 0 Å². The second-order valence-electron chi connectivity index (χ2n) is 2.53. The highest BCUT2D eigenvalue weighted by Crippen LogP contribution is 1.96. The monoisotopic (exact) mass is 161 g/mol. The van der Waals surface area contributed by atoms with Crippen molar-refractivity contribution in [1.82, 2.24) is 5.48 Å². The summed E-state index contributed by atoms with van der Waals surface area (Å²) < 4.78 is 0. The van der Waals surface area contributed by atoms with Gasteiger partial charge in [0.05, 0.1) is 13.2 Å². The van der Waals surface area contributed by atoms with Gasteiger partial charge in [0.1, 0.15) is 0 Å². The first-order valence-electron chi connectivity index (χ1n) is 4.37. The van der Waals surface area contributed by atoms with Gasteiger partial charge < -0.3 is 5.11 Å². The molecule has 3 heteroatoms. The van der Waals surface area contributed by atoms with E-state index < -0.39 is 0 Å². The Morgan fingerprint density at radius 1 is 1.27 bits per heavy atom. The summed E-state index contributed by atoms with van der Waals surface area (Å²) in [5.41, 5.74) is 2.79. The molecule has 0 aromatic heterocycles. The average molecular weight is 161 g/mol. The van der Waals surface area contributed by atoms with Crippen LogP contribution in [0.15, 0.2) is 0 Å². The molecule has 3 nitrogen and oxygen atoms in total. The Labute approximate surface area is 68.7 Å². The lowest BCUT2D eigenvalue weighted by molar-refractivity contribution is 0.0170. The van der Waals surface area contributed by atoms with Crippen LogP contribution in [-0.2, 0) is 4.84 Å². The van der Waals surface area contributed by atoms with Crippen LogP contribution in [0.4, 0.5) is 0 Å². The highest BCUT2D eigenvalue weighted by Gasteiger charge is 1.87. The SMILES string of the molecule is CCCCCCNOCCO. The Bertz CT molecular complexity index is 61.1. The van der Waals surface area contributed by atoms with Crippen molar-refractivity contribution in [2.75, 3.05) is 19.8 Å². The van der Waals surface area contributed by atoms with Gasteiger partial charge in [0.15, 0.2) is 0 Å². The molecule has 11 heavy (non-hydrogen) atoms. The second-order valence-corrected chi connectivity index (χ2v) is 2.53. The number of hydroxylamine groups is 1. The average Bonchev–Trinajstić information content (AvgIpc) is 2.03. The van der Waals surface area contributed by atoms with E-state index in [-0.39, 0.29) is 6.61 Å². The van der Waals surface area contributed by atoms with E-state index in [0.717, 1.165) is 13.0 Å². The van der Waals surface area contributed by atoms with Crippen LogP contribution < -0.4 is 5.48 Å². The van der Waals surface area contributed by atoms with Crippen LogP contribution in [0.1, 0.15) is 32.6 Å². The molecule has 0 atom stereocenters. The van der Waals surface area contributed by atoms with Crippen molar-refractivity contribution in [1.29, 1.82) is 0 Å². The van der Waals surface area contributed by atoms with Crippen LogP contribution in [0.25, 0.3) is 0 Å². The Morgan fingerprint density at radius 3 is 2.73 bits per heavy atom. The fraction of sp³-hybridized carbons (Fsp3) is 1.00. The van der Waals surface area contributed by atoms with Gasteiger partial charge in [0.25, 0.3) is 0 Å². The smallest absolute Gasteiger partial charge is 0.0913 e. The predicted octanol–water partition coefficient (Wildman–Crippen LogP) is 1.08. The molecule has 2 N–H and O–H groups in total. The quantitative estimate of drug-likeness (QED) is 0.413. The van der Waals surface area contributed by atoms with E-state index >= 15 is 0 Å². The Morgan fingerprint density at radius 2 is 2.09 bits per heavy atom. The van der Waals surface area contributed by atoms with Gasteiger partial charge in [-0.05, 0) is 6.42 Å². The molecular weight excluding hydrogens is 142 g/mol. The maximum absolute atomic E-state index is 8.34. The van der Waals surface area contributed by atoms with Crippen molar-refractivity contribution in [3.8, 4) is 0 Å². The van der Waals surface area contributed by atoms with Crippen LogP contribution in [0, 0.1) is 0 Å². The van der Waals surface area contributed by atoms with Crippen LogP contribution in [-0.4, -0.2) is 24.9 Å². The first-order chi connectivity index (χ1) is 5.41. The summed E-state index contributed by atoms with van der Waals surface area (Å²) in [6.07, 6.45) is 4.96. The van der Waals surface area contributed by atoms with Gasteiger partial charge in [-0.15, -0.1) is 0 Å². The summed E-state index contributed by atoms with van der Waals surface area (Å²) in [4.78, 5) is 4.86. The third-order valence-electron chi connectivity index (χ3n) is 1.43. The molecule has 0 aromatic rings. The minimum Gasteiger partial charge on any atom is -0.394 e. The van der Waals surface area contributed by atoms with E-state index in [4.69, 9.17) is 9.94 Å². The summed E-state index contributed by atoms with van der Waals surface area (Å²) in [7, 11) is 0. The molecule has 0 fully saturated rings. The Hall–Kier alpha value is -0.120. The Balaban J connectivity index is 2.69. The standard InChI is InChI=1S/C8H19NO2/c1-2-3-4-5-6-9-11-8-7-10/h9-10H,2-8H2,1H3. The van der Waals surface area contributed by atoms with Crippen molar-refractivity contribution in [3.63, 3.8) is 0 Å². The number of hydrogen-bond donors (Lipinski definition) is 2. The topological polar surface area (TPSA) is 41.5 Å². The normalized spacial score (nSPS) is 10.4. The lowest BCUT2D eigenvalue weighted by Gasteiger charge is -2.02. The molecule has 68 valence electrons. The summed E-state index contributed by atoms with van der Waals surface area (Å²) in [6, 6.07) is 0. The zero-order chi connectivity index (χ0) is 8.36. The van der Waals surface area contributed by atoms with Crippen LogP contribution >= 0.6 is 0 Å². The summed E-state index contributed by atoms with van der Waals surface area (Å²) >= 11 is 0. The van der Waals surface area contributed by atoms with Crippen LogP contribution in [0.5, 0.6) is 0 Å². The zero-order valence-electron chi connectivity index (χ0n) is 7.31. The molecule has 0 saturated carbocycles. The molecule has 0 aliphatic heterocycles. The van der Waals surface area contributed by atoms with E-state index in [0.29, 0.717) is 6.61 Å². The third kappa shape index (κ3) is 9.88. The van der Waals surface area contributed by atoms with Gasteiger partial charge in [0.2, 0.25) is 0 Å². The summed E-state index contributed by atoms with van der Waals surface area (Å²) in [6.45, 7) is 3.55. The van der Waals surface area contributed by atoms with E-state index in [9.17, 15) is 0 Å². The maximum Gasteiger partial charge on any atom is 0.0913 e. The molecule has 0 rings (SSSR count). The largest absolute Gasteiger partial charge is 0.394 e. The first kappa shape index (κ1) is 10.9. The van der Waals surface area contributed by atoms with E-state index in [1.54, 1.807) is 0 Å². The third-order valence-corrected chi connectivity index (χ3v) is 1.43. The highest BCUT2D eigenvalue weighted by atomic mass is 16.6. The molecule has 0 aliphatic carbocycles. The van der Waals surface area contributed by atoms with E-state index in [2.05, 4.69) is 12.4 Å². The van der Waals surface area contributed by atoms with Crippen LogP contribution in [0.3, 0.4) is 0 Å². The van der Waals surface area contributed by atoms with Crippen LogP contribution in [0.2, 0.25) is 0 Å². The van der Waals surface area contributed by atoms with Crippen molar-refractivity contribution >= 4 is 0 Å². The molecule has 0 aliphatic rings. The fourth-order valence-electron chi connectivity index (χ4n) is 0.814. The summed E-state index contributed by atoms with van der Waals surface area (Å²) in [5, 5.41) is 8.34. The number of aliphatic hydroxyl groups is 1. The van der Waals surface area contributed by atoms with Crippen molar-refractivity contribution < 1.29 is 9.94 Å². The number of rotatable bonds is 8. The van der Waals surface area contributed by atoms with Crippen molar-refractivity contribution in [2.45, 2.75) is 32.6 Å². The zero-order valence-corrected chi connectivity index (χ0v) is 7.31. The van der Waals surface area contributed by atoms with Gasteiger partial charge in [-0.25, -0.2) is 5.48 Å². The lowest BCUT2D eigenvalue weighted by atomic mass is 10.2. The minimum absolute atomic E-state index is 0.0853. The van der Waals surface area contributed by atoms with Gasteiger partial charge in [-0.3, -0.25) is 4.84 Å². The molecule has 0 spiro atoms. The molecule has 0 aromatic carbocycles. The summed E-state index contributed by atoms with van der Waals surface area (Å²) in [5.74, 6) is 0. The van der Waals surface area contributed by atoms with Gasteiger partial charge in [-0.1, -0.05) is 26.2 Å². The molecule has 0 amide bonds. The molecule has 0 heterocycles. The van der Waals surface area contributed by atoms with E-state index in [1.165, 1.54) is 19.3 Å². The molecule has 0 bridgehead atoms. The van der Waals surface area contributed by atoms with E-state index in [1.807, 2.05) is 0 Å². The molecule has 0 radical (unpaired) electrons. The highest BCUT2D eigenvalue weighted by molar-refractivity contribution is 4.40. The predicted molar refractivity (Wildman–Crippen MR) is 45.2 cm³/mol. The van der Waals surface area contributed by atoms with Crippen molar-refractivity contribution in [3.05, 3.63) is 0 Å². The number of nitrogens with one attached hydrogen (secondary N) is 1. The molecule has 0 unspecified atom stereocenters. The fourth-order valence-corrected chi connectivity index (χ4v) is 0.814. The minimum atomic E-state index is 0.0853. The Kier molecular flexibility index (Phi) is 9.77. The molecular formula is C8H19NO2. The maximum atomic E-state index is 8.34. The van der Waals surface area contributed by atoms with Crippen molar-refractivity contribution in [2.24, 2.45) is 0 Å². The lowest BCUT2D eigenvalue weighted by Crippen LogP contribution is -2.18. The van der Waals surface area contributed by atoms with Gasteiger partial charge >= 0.3 is 0 Å². The number of hydrogen-bond acceptors (Lipinski definition) is 3. The molecule has 0 saturated heterocycles. The number of aliphatic hydroxyl groups excluding tert-OH is 1. The second kappa shape index (κ2) is 9.88. The van der Waals surface area contributed by atoms with Gasteiger partial charge in [0, 0.05) is 6.54 Å².